The molecule has 0 atom stereocenters. The first-order valence-corrected chi connectivity index (χ1v) is 6.58. The molecule has 0 amide bonds. The molecule has 3 aromatic rings. The van der Waals surface area contributed by atoms with E-state index in [-0.39, 0.29) is 17.2 Å². The lowest BCUT2D eigenvalue weighted by Crippen LogP contribution is -2.12. The standard InChI is InChI=1S/C15H8FN3O5/c16-9-5-6-10(12(7-9)19(21)22)15(20)24-13-4-2-1-3-11(13)14-18-17-8-23-14/h1-8H. The topological polar surface area (TPSA) is 108 Å². The van der Waals surface area contributed by atoms with E-state index in [9.17, 15) is 19.3 Å². The number of halogens is 1. The second-order valence-corrected chi connectivity index (χ2v) is 4.55. The Balaban J connectivity index is 1.96. The summed E-state index contributed by atoms with van der Waals surface area (Å²) < 4.78 is 23.4. The Morgan fingerprint density at radius 1 is 1.25 bits per heavy atom. The predicted octanol–water partition coefficient (Wildman–Crippen LogP) is 3.00. The molecule has 0 N–H and O–H groups in total. The maximum Gasteiger partial charge on any atom is 0.350 e. The first kappa shape index (κ1) is 15.3. The summed E-state index contributed by atoms with van der Waals surface area (Å²) in [6.07, 6.45) is 1.11. The van der Waals surface area contributed by atoms with Crippen LogP contribution in [0.3, 0.4) is 0 Å². The van der Waals surface area contributed by atoms with Crippen LogP contribution in [0.15, 0.2) is 53.3 Å². The van der Waals surface area contributed by atoms with Gasteiger partial charge in [-0.25, -0.2) is 9.18 Å². The van der Waals surface area contributed by atoms with E-state index in [0.717, 1.165) is 18.5 Å². The van der Waals surface area contributed by atoms with Crippen LogP contribution in [-0.2, 0) is 0 Å². The number of benzene rings is 2. The Morgan fingerprint density at radius 3 is 2.75 bits per heavy atom. The smallest absolute Gasteiger partial charge is 0.350 e. The Morgan fingerprint density at radius 2 is 2.04 bits per heavy atom. The molecule has 120 valence electrons. The van der Waals surface area contributed by atoms with Crippen molar-refractivity contribution in [1.82, 2.24) is 10.2 Å². The number of hydrogen-bond acceptors (Lipinski definition) is 7. The molecule has 0 bridgehead atoms. The van der Waals surface area contributed by atoms with Crippen molar-refractivity contribution >= 4 is 11.7 Å². The van der Waals surface area contributed by atoms with E-state index < -0.39 is 22.4 Å². The van der Waals surface area contributed by atoms with Crippen LogP contribution < -0.4 is 4.74 Å². The Hall–Kier alpha value is -3.62. The predicted molar refractivity (Wildman–Crippen MR) is 77.7 cm³/mol. The highest BCUT2D eigenvalue weighted by Gasteiger charge is 2.24. The molecule has 1 aromatic heterocycles. The third kappa shape index (κ3) is 2.95. The Labute approximate surface area is 133 Å². The summed E-state index contributed by atoms with van der Waals surface area (Å²) in [6.45, 7) is 0. The molecule has 0 spiro atoms. The molecule has 0 aliphatic carbocycles. The van der Waals surface area contributed by atoms with Crippen LogP contribution in [-0.4, -0.2) is 21.1 Å². The molecular formula is C15H8FN3O5. The van der Waals surface area contributed by atoms with Gasteiger partial charge in [-0.1, -0.05) is 12.1 Å². The summed E-state index contributed by atoms with van der Waals surface area (Å²) in [5.74, 6) is -1.64. The number of para-hydroxylation sites is 1. The summed E-state index contributed by atoms with van der Waals surface area (Å²) in [6, 6.07) is 8.89. The molecular weight excluding hydrogens is 321 g/mol. The summed E-state index contributed by atoms with van der Waals surface area (Å²) in [5.41, 5.74) is -0.717. The highest BCUT2D eigenvalue weighted by atomic mass is 19.1. The number of nitrogens with zero attached hydrogens (tertiary/aromatic N) is 3. The van der Waals surface area contributed by atoms with Gasteiger partial charge in [0.25, 0.3) is 11.6 Å². The third-order valence-corrected chi connectivity index (χ3v) is 3.06. The van der Waals surface area contributed by atoms with Gasteiger partial charge < -0.3 is 9.15 Å². The highest BCUT2D eigenvalue weighted by Crippen LogP contribution is 2.29. The van der Waals surface area contributed by atoms with E-state index in [2.05, 4.69) is 10.2 Å². The lowest BCUT2D eigenvalue weighted by atomic mass is 10.1. The van der Waals surface area contributed by atoms with Gasteiger partial charge in [-0.05, 0) is 24.3 Å². The lowest BCUT2D eigenvalue weighted by Gasteiger charge is -2.08. The van der Waals surface area contributed by atoms with E-state index in [0.29, 0.717) is 11.6 Å². The number of carbonyl (C=O) groups excluding carboxylic acids is 1. The van der Waals surface area contributed by atoms with Crippen molar-refractivity contribution in [2.75, 3.05) is 0 Å². The third-order valence-electron chi connectivity index (χ3n) is 3.06. The fourth-order valence-corrected chi connectivity index (χ4v) is 2.01. The van der Waals surface area contributed by atoms with Crippen molar-refractivity contribution in [1.29, 1.82) is 0 Å². The monoisotopic (exact) mass is 329 g/mol. The molecule has 3 rings (SSSR count). The van der Waals surface area contributed by atoms with Crippen LogP contribution in [0, 0.1) is 15.9 Å². The molecule has 0 saturated heterocycles. The molecule has 0 unspecified atom stereocenters. The number of carbonyl (C=O) groups is 1. The van der Waals surface area contributed by atoms with Crippen LogP contribution in [0.25, 0.3) is 11.5 Å². The van der Waals surface area contributed by atoms with Crippen molar-refractivity contribution < 1.29 is 23.3 Å². The van der Waals surface area contributed by atoms with Crippen LogP contribution in [0.5, 0.6) is 5.75 Å². The van der Waals surface area contributed by atoms with Gasteiger partial charge in [0.05, 0.1) is 16.6 Å². The molecule has 9 heteroatoms. The van der Waals surface area contributed by atoms with Crippen molar-refractivity contribution in [3.8, 4) is 17.2 Å². The largest absolute Gasteiger partial charge is 0.423 e. The second kappa shape index (κ2) is 6.24. The SMILES string of the molecule is O=C(Oc1ccccc1-c1nnco1)c1ccc(F)cc1[N+](=O)[O-]. The fourth-order valence-electron chi connectivity index (χ4n) is 2.01. The lowest BCUT2D eigenvalue weighted by molar-refractivity contribution is -0.385. The minimum atomic E-state index is -1.01. The molecule has 0 aliphatic heterocycles. The molecule has 1 heterocycles. The minimum absolute atomic E-state index is 0.0744. The zero-order valence-electron chi connectivity index (χ0n) is 11.9. The van der Waals surface area contributed by atoms with Gasteiger partial charge >= 0.3 is 5.97 Å². The number of hydrogen-bond donors (Lipinski definition) is 0. The van der Waals surface area contributed by atoms with E-state index in [1.54, 1.807) is 18.2 Å². The van der Waals surface area contributed by atoms with Gasteiger partial charge in [-0.3, -0.25) is 10.1 Å². The number of aromatic nitrogens is 2. The summed E-state index contributed by atoms with van der Waals surface area (Å²) in [5, 5.41) is 18.2. The molecule has 0 aliphatic rings. The molecule has 2 aromatic carbocycles. The van der Waals surface area contributed by atoms with Gasteiger partial charge in [0.15, 0.2) is 0 Å². The first-order chi connectivity index (χ1) is 11.6. The van der Waals surface area contributed by atoms with Crippen molar-refractivity contribution in [2.24, 2.45) is 0 Å². The minimum Gasteiger partial charge on any atom is -0.423 e. The van der Waals surface area contributed by atoms with E-state index in [1.807, 2.05) is 0 Å². The zero-order valence-corrected chi connectivity index (χ0v) is 11.9. The van der Waals surface area contributed by atoms with Gasteiger partial charge in [-0.15, -0.1) is 10.2 Å². The summed E-state index contributed by atoms with van der Waals surface area (Å²) >= 11 is 0. The highest BCUT2D eigenvalue weighted by molar-refractivity contribution is 5.95. The number of rotatable bonds is 4. The van der Waals surface area contributed by atoms with Gasteiger partial charge in [-0.2, -0.15) is 0 Å². The number of nitro groups is 1. The van der Waals surface area contributed by atoms with Crippen LogP contribution >= 0.6 is 0 Å². The van der Waals surface area contributed by atoms with Crippen LogP contribution in [0.4, 0.5) is 10.1 Å². The number of nitro benzene ring substituents is 1. The molecule has 0 saturated carbocycles. The van der Waals surface area contributed by atoms with Gasteiger partial charge in [0.1, 0.15) is 17.1 Å². The summed E-state index contributed by atoms with van der Waals surface area (Å²) in [4.78, 5) is 22.4. The summed E-state index contributed by atoms with van der Waals surface area (Å²) in [7, 11) is 0. The van der Waals surface area contributed by atoms with E-state index >= 15 is 0 Å². The van der Waals surface area contributed by atoms with Crippen molar-refractivity contribution in [3.05, 3.63) is 70.4 Å². The normalized spacial score (nSPS) is 10.4. The maximum absolute atomic E-state index is 13.2. The average Bonchev–Trinajstić information content (AvgIpc) is 3.09. The Bertz CT molecular complexity index is 911. The van der Waals surface area contributed by atoms with Gasteiger partial charge in [0.2, 0.25) is 6.39 Å². The fraction of sp³-hybridized carbons (Fsp3) is 0. The number of esters is 1. The quantitative estimate of drug-likeness (QED) is 0.313. The molecule has 8 nitrogen and oxygen atoms in total. The molecule has 0 radical (unpaired) electrons. The van der Waals surface area contributed by atoms with Crippen molar-refractivity contribution in [2.45, 2.75) is 0 Å². The maximum atomic E-state index is 13.2. The van der Waals surface area contributed by atoms with E-state index in [1.165, 1.54) is 6.07 Å². The zero-order chi connectivity index (χ0) is 17.1. The Kier molecular flexibility index (Phi) is 3.98. The van der Waals surface area contributed by atoms with Crippen molar-refractivity contribution in [3.63, 3.8) is 0 Å². The number of ether oxygens (including phenoxy) is 1. The second-order valence-electron chi connectivity index (χ2n) is 4.55. The van der Waals surface area contributed by atoms with Gasteiger partial charge in [0, 0.05) is 0 Å². The first-order valence-electron chi connectivity index (χ1n) is 6.58. The van der Waals surface area contributed by atoms with Crippen LogP contribution in [0.1, 0.15) is 10.4 Å². The van der Waals surface area contributed by atoms with Crippen LogP contribution in [0.2, 0.25) is 0 Å². The van der Waals surface area contributed by atoms with E-state index in [4.69, 9.17) is 9.15 Å². The molecule has 0 fully saturated rings. The molecule has 24 heavy (non-hydrogen) atoms. The average molecular weight is 329 g/mol.